The molecule has 0 radical (unpaired) electrons. The summed E-state index contributed by atoms with van der Waals surface area (Å²) in [5, 5.41) is 0. The number of likely N-dealkylation sites (tertiary alicyclic amines) is 1. The van der Waals surface area contributed by atoms with Crippen molar-refractivity contribution in [1.82, 2.24) is 9.80 Å². The van der Waals surface area contributed by atoms with Crippen LogP contribution in [0.1, 0.15) is 28.3 Å². The Morgan fingerprint density at radius 3 is 2.00 bits per heavy atom. The van der Waals surface area contributed by atoms with Crippen LogP contribution in [0.5, 0.6) is 0 Å². The average molecular weight is 477 g/mol. The van der Waals surface area contributed by atoms with Crippen molar-refractivity contribution in [2.45, 2.75) is 30.9 Å². The number of hydrogen-bond acceptors (Lipinski definition) is 3. The minimum Gasteiger partial charge on any atom is -0.344 e. The van der Waals surface area contributed by atoms with Gasteiger partial charge in [0.15, 0.2) is 0 Å². The Hall–Kier alpha value is -2.66. The van der Waals surface area contributed by atoms with E-state index in [0.29, 0.717) is 30.8 Å². The van der Waals surface area contributed by atoms with Crippen molar-refractivity contribution in [3.8, 4) is 0 Å². The molecule has 1 amide bonds. The molecule has 180 valence electrons. The standard InChI is InChI=1S/C22H22F7N3O/c1-31(7-6-13-8-15(21(24,25)26)10-16(9-13)22(27,28)29)20(33)19(32-11-18(30)12-32)14-2-4-17(23)5-3-14/h2-5,8-10,18-19H,6-7,11-12,30H2,1H3. The van der Waals surface area contributed by atoms with E-state index in [1.165, 1.54) is 36.2 Å². The first-order valence-electron chi connectivity index (χ1n) is 10.0. The van der Waals surface area contributed by atoms with Gasteiger partial charge in [-0.1, -0.05) is 12.1 Å². The number of amides is 1. The second kappa shape index (κ2) is 9.30. The lowest BCUT2D eigenvalue weighted by molar-refractivity contribution is -0.143. The third-order valence-corrected chi connectivity index (χ3v) is 5.48. The van der Waals surface area contributed by atoms with Crippen molar-refractivity contribution in [2.75, 3.05) is 26.7 Å². The Morgan fingerprint density at radius 1 is 1.03 bits per heavy atom. The molecule has 2 aromatic rings. The second-order valence-electron chi connectivity index (χ2n) is 8.09. The van der Waals surface area contributed by atoms with E-state index in [-0.39, 0.29) is 30.6 Å². The number of nitrogens with two attached hydrogens (primary N) is 1. The third kappa shape index (κ3) is 6.02. The van der Waals surface area contributed by atoms with E-state index in [9.17, 15) is 35.5 Å². The van der Waals surface area contributed by atoms with Gasteiger partial charge in [0.2, 0.25) is 5.91 Å². The summed E-state index contributed by atoms with van der Waals surface area (Å²) in [5.74, 6) is -0.903. The molecule has 1 unspecified atom stereocenters. The van der Waals surface area contributed by atoms with E-state index < -0.39 is 41.2 Å². The Bertz CT molecular complexity index is 951. The molecule has 1 aliphatic heterocycles. The van der Waals surface area contributed by atoms with Crippen molar-refractivity contribution in [3.05, 3.63) is 70.5 Å². The number of carbonyl (C=O) groups is 1. The maximum Gasteiger partial charge on any atom is 0.416 e. The Labute approximate surface area is 185 Å². The molecule has 1 fully saturated rings. The Kier molecular flexibility index (Phi) is 7.04. The summed E-state index contributed by atoms with van der Waals surface area (Å²) < 4.78 is 91.8. The molecule has 0 aromatic heterocycles. The molecule has 0 bridgehead atoms. The molecule has 1 atom stereocenters. The highest BCUT2D eigenvalue weighted by Gasteiger charge is 2.38. The van der Waals surface area contributed by atoms with E-state index in [2.05, 4.69) is 0 Å². The summed E-state index contributed by atoms with van der Waals surface area (Å²) in [6.07, 6.45) is -10.1. The van der Waals surface area contributed by atoms with Gasteiger partial charge in [0.1, 0.15) is 11.9 Å². The van der Waals surface area contributed by atoms with Crippen LogP contribution in [-0.4, -0.2) is 48.4 Å². The molecule has 0 aliphatic carbocycles. The second-order valence-corrected chi connectivity index (χ2v) is 8.09. The molecule has 2 aromatic carbocycles. The third-order valence-electron chi connectivity index (χ3n) is 5.48. The monoisotopic (exact) mass is 477 g/mol. The zero-order valence-electron chi connectivity index (χ0n) is 17.6. The molecule has 1 heterocycles. The molecule has 4 nitrogen and oxygen atoms in total. The minimum absolute atomic E-state index is 0.0655. The highest BCUT2D eigenvalue weighted by atomic mass is 19.4. The summed E-state index contributed by atoms with van der Waals surface area (Å²) in [4.78, 5) is 16.2. The molecule has 1 saturated heterocycles. The lowest BCUT2D eigenvalue weighted by atomic mass is 9.98. The highest BCUT2D eigenvalue weighted by molar-refractivity contribution is 5.83. The van der Waals surface area contributed by atoms with E-state index in [1.807, 2.05) is 0 Å². The van der Waals surface area contributed by atoms with E-state index >= 15 is 0 Å². The first-order valence-corrected chi connectivity index (χ1v) is 10.0. The highest BCUT2D eigenvalue weighted by Crippen LogP contribution is 2.36. The van der Waals surface area contributed by atoms with Gasteiger partial charge in [-0.3, -0.25) is 9.69 Å². The van der Waals surface area contributed by atoms with Crippen LogP contribution in [0.4, 0.5) is 30.7 Å². The van der Waals surface area contributed by atoms with Gasteiger partial charge in [-0.25, -0.2) is 4.39 Å². The van der Waals surface area contributed by atoms with Crippen LogP contribution >= 0.6 is 0 Å². The van der Waals surface area contributed by atoms with Gasteiger partial charge >= 0.3 is 12.4 Å². The Balaban J connectivity index is 1.79. The van der Waals surface area contributed by atoms with Crippen LogP contribution in [-0.2, 0) is 23.6 Å². The number of halogens is 7. The number of nitrogens with zero attached hydrogens (tertiary/aromatic N) is 2. The van der Waals surface area contributed by atoms with Crippen molar-refractivity contribution in [3.63, 3.8) is 0 Å². The van der Waals surface area contributed by atoms with Crippen LogP contribution in [0, 0.1) is 5.82 Å². The fourth-order valence-electron chi connectivity index (χ4n) is 3.69. The zero-order chi connectivity index (χ0) is 24.6. The van der Waals surface area contributed by atoms with E-state index in [1.54, 1.807) is 4.90 Å². The fourth-order valence-corrected chi connectivity index (χ4v) is 3.69. The van der Waals surface area contributed by atoms with Gasteiger partial charge in [-0.15, -0.1) is 0 Å². The maximum absolute atomic E-state index is 13.3. The topological polar surface area (TPSA) is 49.6 Å². The molecule has 2 N–H and O–H groups in total. The lowest BCUT2D eigenvalue weighted by Gasteiger charge is -2.43. The van der Waals surface area contributed by atoms with Crippen molar-refractivity contribution < 1.29 is 35.5 Å². The largest absolute Gasteiger partial charge is 0.416 e. The number of rotatable bonds is 6. The maximum atomic E-state index is 13.3. The molecule has 33 heavy (non-hydrogen) atoms. The Morgan fingerprint density at radius 2 is 1.55 bits per heavy atom. The SMILES string of the molecule is CN(CCc1cc(C(F)(F)F)cc(C(F)(F)F)c1)C(=O)C(c1ccc(F)cc1)N1CC(N)C1. The molecular weight excluding hydrogens is 455 g/mol. The molecular formula is C22H22F7N3O. The van der Waals surface area contributed by atoms with Gasteiger partial charge in [0, 0.05) is 32.7 Å². The van der Waals surface area contributed by atoms with Gasteiger partial charge in [-0.05, 0) is 47.9 Å². The summed E-state index contributed by atoms with van der Waals surface area (Å²) in [6.45, 7) is 0.726. The minimum atomic E-state index is -4.94. The number of benzene rings is 2. The number of alkyl halides is 6. The first-order chi connectivity index (χ1) is 15.3. The average Bonchev–Trinajstić information content (AvgIpc) is 2.70. The van der Waals surface area contributed by atoms with Gasteiger partial charge in [-0.2, -0.15) is 26.3 Å². The van der Waals surface area contributed by atoms with Crippen LogP contribution in [0.15, 0.2) is 42.5 Å². The normalized spacial score (nSPS) is 16.4. The van der Waals surface area contributed by atoms with Crippen molar-refractivity contribution >= 4 is 5.91 Å². The number of carbonyl (C=O) groups excluding carboxylic acids is 1. The van der Waals surface area contributed by atoms with Crippen molar-refractivity contribution in [1.29, 1.82) is 0 Å². The van der Waals surface area contributed by atoms with Gasteiger partial charge in [0.25, 0.3) is 0 Å². The predicted molar refractivity (Wildman–Crippen MR) is 106 cm³/mol. The van der Waals surface area contributed by atoms with Crippen LogP contribution in [0.3, 0.4) is 0 Å². The quantitative estimate of drug-likeness (QED) is 0.633. The molecule has 11 heteroatoms. The molecule has 0 saturated carbocycles. The summed E-state index contributed by atoms with van der Waals surface area (Å²) in [5.41, 5.74) is 3.32. The number of hydrogen-bond donors (Lipinski definition) is 1. The fraction of sp³-hybridized carbons (Fsp3) is 0.409. The lowest BCUT2D eigenvalue weighted by Crippen LogP contribution is -2.59. The van der Waals surface area contributed by atoms with Crippen LogP contribution < -0.4 is 5.73 Å². The number of likely N-dealkylation sites (N-methyl/N-ethyl adjacent to an activating group) is 1. The summed E-state index contributed by atoms with van der Waals surface area (Å²) in [7, 11) is 1.41. The molecule has 0 spiro atoms. The first kappa shape index (κ1) is 25.0. The van der Waals surface area contributed by atoms with Crippen LogP contribution in [0.2, 0.25) is 0 Å². The van der Waals surface area contributed by atoms with Gasteiger partial charge < -0.3 is 10.6 Å². The predicted octanol–water partition coefficient (Wildman–Crippen LogP) is 4.25. The van der Waals surface area contributed by atoms with Crippen molar-refractivity contribution in [2.24, 2.45) is 5.73 Å². The smallest absolute Gasteiger partial charge is 0.344 e. The zero-order valence-corrected chi connectivity index (χ0v) is 17.6. The van der Waals surface area contributed by atoms with Gasteiger partial charge in [0.05, 0.1) is 11.1 Å². The summed E-state index contributed by atoms with van der Waals surface area (Å²) >= 11 is 0. The van der Waals surface area contributed by atoms with Crippen LogP contribution in [0.25, 0.3) is 0 Å². The molecule has 1 aliphatic rings. The summed E-state index contributed by atoms with van der Waals surface area (Å²) in [6, 6.07) is 5.78. The van der Waals surface area contributed by atoms with E-state index in [4.69, 9.17) is 5.73 Å². The van der Waals surface area contributed by atoms with E-state index in [0.717, 1.165) is 0 Å². The molecule has 3 rings (SSSR count).